The Balaban J connectivity index is 1.73. The molecule has 1 N–H and O–H groups in total. The molecule has 1 unspecified atom stereocenters. The highest BCUT2D eigenvalue weighted by atomic mass is 32.2. The first-order valence-electron chi connectivity index (χ1n) is 9.73. The van der Waals surface area contributed by atoms with Crippen LogP contribution in [0, 0.1) is 0 Å². The highest BCUT2D eigenvalue weighted by Gasteiger charge is 2.24. The standard InChI is InChI=1S/C22H21NO7S2/c1-3-28-22(26)19-15(16-9-7-11-29-16)13-31-20(19)23-18(24)12-30-21(25)14-8-5-6-10-17(14)32(27)4-2/h5-11,13H,3-4,12H2,1-2H3,(H,23,24). The summed E-state index contributed by atoms with van der Waals surface area (Å²) in [5.41, 5.74) is 0.792. The molecule has 1 atom stereocenters. The number of rotatable bonds is 9. The number of thiophene rings is 1. The topological polar surface area (TPSA) is 112 Å². The molecule has 8 nitrogen and oxygen atoms in total. The summed E-state index contributed by atoms with van der Waals surface area (Å²) in [5, 5.41) is 4.51. The Hall–Kier alpha value is -3.24. The molecule has 0 saturated heterocycles. The van der Waals surface area contributed by atoms with Gasteiger partial charge in [-0.3, -0.25) is 9.00 Å². The van der Waals surface area contributed by atoms with Gasteiger partial charge in [0.1, 0.15) is 16.3 Å². The monoisotopic (exact) mass is 475 g/mol. The van der Waals surface area contributed by atoms with Crippen molar-refractivity contribution in [1.82, 2.24) is 0 Å². The van der Waals surface area contributed by atoms with E-state index in [9.17, 15) is 18.6 Å². The van der Waals surface area contributed by atoms with E-state index < -0.39 is 35.3 Å². The lowest BCUT2D eigenvalue weighted by Crippen LogP contribution is -2.22. The van der Waals surface area contributed by atoms with Gasteiger partial charge in [-0.05, 0) is 31.2 Å². The Morgan fingerprint density at radius 3 is 2.53 bits per heavy atom. The zero-order chi connectivity index (χ0) is 23.1. The highest BCUT2D eigenvalue weighted by molar-refractivity contribution is 7.85. The molecule has 32 heavy (non-hydrogen) atoms. The second-order valence-electron chi connectivity index (χ2n) is 6.31. The van der Waals surface area contributed by atoms with Crippen LogP contribution in [0.3, 0.4) is 0 Å². The van der Waals surface area contributed by atoms with Crippen LogP contribution in [-0.4, -0.2) is 41.0 Å². The molecule has 2 heterocycles. The molecule has 1 aromatic carbocycles. The molecule has 3 aromatic rings. The Bertz CT molecular complexity index is 1140. The van der Waals surface area contributed by atoms with Crippen molar-refractivity contribution in [2.45, 2.75) is 18.7 Å². The molecular weight excluding hydrogens is 454 g/mol. The molecule has 0 aliphatic carbocycles. The smallest absolute Gasteiger partial charge is 0.341 e. The maximum atomic E-state index is 12.5. The molecule has 3 rings (SSSR count). The number of esters is 2. The van der Waals surface area contributed by atoms with E-state index in [1.165, 1.54) is 12.3 Å². The Morgan fingerprint density at radius 2 is 1.84 bits per heavy atom. The van der Waals surface area contributed by atoms with Gasteiger partial charge in [0.15, 0.2) is 6.61 Å². The van der Waals surface area contributed by atoms with E-state index >= 15 is 0 Å². The van der Waals surface area contributed by atoms with E-state index in [0.717, 1.165) is 11.3 Å². The van der Waals surface area contributed by atoms with Gasteiger partial charge in [-0.15, -0.1) is 11.3 Å². The van der Waals surface area contributed by atoms with Crippen LogP contribution in [0.15, 0.2) is 57.4 Å². The molecule has 0 aliphatic rings. The molecule has 0 radical (unpaired) electrons. The van der Waals surface area contributed by atoms with Gasteiger partial charge < -0.3 is 19.2 Å². The van der Waals surface area contributed by atoms with Crippen LogP contribution in [0.1, 0.15) is 34.6 Å². The summed E-state index contributed by atoms with van der Waals surface area (Å²) in [6, 6.07) is 9.76. The summed E-state index contributed by atoms with van der Waals surface area (Å²) in [6.07, 6.45) is 1.48. The zero-order valence-corrected chi connectivity index (χ0v) is 19.0. The first-order chi connectivity index (χ1) is 15.5. The van der Waals surface area contributed by atoms with Crippen LogP contribution in [0.25, 0.3) is 11.3 Å². The summed E-state index contributed by atoms with van der Waals surface area (Å²) in [5.74, 6) is -1.20. The van der Waals surface area contributed by atoms with Gasteiger partial charge >= 0.3 is 11.9 Å². The van der Waals surface area contributed by atoms with Crippen LogP contribution in [-0.2, 0) is 25.1 Å². The highest BCUT2D eigenvalue weighted by Crippen LogP contribution is 2.36. The summed E-state index contributed by atoms with van der Waals surface area (Å²) < 4.78 is 27.7. The number of hydrogen-bond donors (Lipinski definition) is 1. The van der Waals surface area contributed by atoms with E-state index in [1.54, 1.807) is 49.6 Å². The largest absolute Gasteiger partial charge is 0.464 e. The molecule has 0 fully saturated rings. The Labute approximate surface area is 191 Å². The number of carbonyl (C=O) groups is 3. The van der Waals surface area contributed by atoms with Crippen LogP contribution in [0.2, 0.25) is 0 Å². The van der Waals surface area contributed by atoms with Crippen LogP contribution >= 0.6 is 11.3 Å². The summed E-state index contributed by atoms with van der Waals surface area (Å²) >= 11 is 1.12. The average Bonchev–Trinajstić information content (AvgIpc) is 3.47. The zero-order valence-electron chi connectivity index (χ0n) is 17.4. The quantitative estimate of drug-likeness (QED) is 0.464. The number of anilines is 1. The van der Waals surface area contributed by atoms with Crippen LogP contribution in [0.5, 0.6) is 0 Å². The Kier molecular flexibility index (Phi) is 7.96. The predicted octanol–water partition coefficient (Wildman–Crippen LogP) is 4.11. The lowest BCUT2D eigenvalue weighted by molar-refractivity contribution is -0.119. The second kappa shape index (κ2) is 10.9. The fraction of sp³-hybridized carbons (Fsp3) is 0.227. The number of nitrogens with one attached hydrogen (secondary N) is 1. The van der Waals surface area contributed by atoms with E-state index in [0.29, 0.717) is 22.0 Å². The van der Waals surface area contributed by atoms with E-state index in [4.69, 9.17) is 13.9 Å². The van der Waals surface area contributed by atoms with Gasteiger partial charge in [0, 0.05) is 16.7 Å². The third-order valence-electron chi connectivity index (χ3n) is 4.26. The maximum absolute atomic E-state index is 12.5. The first-order valence-corrected chi connectivity index (χ1v) is 11.9. The van der Waals surface area contributed by atoms with Crippen molar-refractivity contribution in [2.24, 2.45) is 0 Å². The lowest BCUT2D eigenvalue weighted by Gasteiger charge is -2.10. The third kappa shape index (κ3) is 5.32. The van der Waals surface area contributed by atoms with E-state index in [1.807, 2.05) is 0 Å². The number of furan rings is 1. The SMILES string of the molecule is CCOC(=O)c1c(-c2ccco2)csc1NC(=O)COC(=O)c1ccccc1S(=O)CC. The number of carbonyl (C=O) groups excluding carboxylic acids is 3. The fourth-order valence-corrected chi connectivity index (χ4v) is 4.72. The molecule has 168 valence electrons. The normalized spacial score (nSPS) is 11.6. The van der Waals surface area contributed by atoms with Gasteiger partial charge in [0.25, 0.3) is 5.91 Å². The van der Waals surface area contributed by atoms with Crippen molar-refractivity contribution in [3.8, 4) is 11.3 Å². The number of ether oxygens (including phenoxy) is 2. The number of amides is 1. The lowest BCUT2D eigenvalue weighted by atomic mass is 10.1. The predicted molar refractivity (Wildman–Crippen MR) is 120 cm³/mol. The van der Waals surface area contributed by atoms with Crippen molar-refractivity contribution >= 4 is 45.0 Å². The summed E-state index contributed by atoms with van der Waals surface area (Å²) in [4.78, 5) is 37.7. The van der Waals surface area contributed by atoms with Gasteiger partial charge in [0.2, 0.25) is 0 Å². The molecule has 2 aromatic heterocycles. The van der Waals surface area contributed by atoms with Crippen molar-refractivity contribution in [1.29, 1.82) is 0 Å². The number of benzene rings is 1. The molecule has 0 saturated carbocycles. The van der Waals surface area contributed by atoms with Crippen molar-refractivity contribution in [3.05, 3.63) is 59.2 Å². The third-order valence-corrected chi connectivity index (χ3v) is 6.53. The molecule has 1 amide bonds. The van der Waals surface area contributed by atoms with E-state index in [-0.39, 0.29) is 22.7 Å². The molecule has 0 spiro atoms. The van der Waals surface area contributed by atoms with Gasteiger partial charge in [-0.1, -0.05) is 19.1 Å². The minimum atomic E-state index is -1.35. The van der Waals surface area contributed by atoms with Crippen molar-refractivity contribution < 1.29 is 32.5 Å². The maximum Gasteiger partial charge on any atom is 0.341 e. The average molecular weight is 476 g/mol. The van der Waals surface area contributed by atoms with Crippen molar-refractivity contribution in [3.63, 3.8) is 0 Å². The fourth-order valence-electron chi connectivity index (χ4n) is 2.83. The molecule has 0 bridgehead atoms. The second-order valence-corrected chi connectivity index (χ2v) is 8.89. The first kappa shape index (κ1) is 23.4. The van der Waals surface area contributed by atoms with Gasteiger partial charge in [-0.25, -0.2) is 9.59 Å². The minimum Gasteiger partial charge on any atom is -0.464 e. The Morgan fingerprint density at radius 1 is 1.06 bits per heavy atom. The van der Waals surface area contributed by atoms with E-state index in [2.05, 4.69) is 5.32 Å². The summed E-state index contributed by atoms with van der Waals surface area (Å²) in [6.45, 7) is 3.00. The molecular formula is C22H21NO7S2. The van der Waals surface area contributed by atoms with Gasteiger partial charge in [-0.2, -0.15) is 0 Å². The summed E-state index contributed by atoms with van der Waals surface area (Å²) in [7, 11) is -1.35. The van der Waals surface area contributed by atoms with Crippen LogP contribution in [0.4, 0.5) is 5.00 Å². The van der Waals surface area contributed by atoms with Crippen LogP contribution < -0.4 is 5.32 Å². The molecule has 0 aliphatic heterocycles. The number of hydrogen-bond acceptors (Lipinski definition) is 8. The van der Waals surface area contributed by atoms with Crippen molar-refractivity contribution in [2.75, 3.05) is 24.3 Å². The minimum absolute atomic E-state index is 0.143. The van der Waals surface area contributed by atoms with Gasteiger partial charge in [0.05, 0.1) is 34.1 Å². The molecule has 10 heteroatoms.